The van der Waals surface area contributed by atoms with E-state index in [1.54, 1.807) is 6.07 Å². The molecular weight excluding hydrogens is 370 g/mol. The number of rotatable bonds is 4. The van der Waals surface area contributed by atoms with Crippen LogP contribution in [0.4, 0.5) is 0 Å². The molecule has 0 aromatic heterocycles. The van der Waals surface area contributed by atoms with Crippen LogP contribution in [0.3, 0.4) is 0 Å². The van der Waals surface area contributed by atoms with Gasteiger partial charge in [-0.25, -0.2) is 0 Å². The van der Waals surface area contributed by atoms with E-state index in [4.69, 9.17) is 0 Å². The summed E-state index contributed by atoms with van der Waals surface area (Å²) in [5.41, 5.74) is 2.38. The van der Waals surface area contributed by atoms with Crippen molar-refractivity contribution in [1.82, 2.24) is 5.32 Å². The minimum absolute atomic E-state index is 0.268. The lowest BCUT2D eigenvalue weighted by Crippen LogP contribution is -2.17. The molecule has 1 atom stereocenters. The molecule has 0 aliphatic carbocycles. The number of halogens is 2. The van der Waals surface area contributed by atoms with E-state index >= 15 is 0 Å². The molecule has 0 saturated heterocycles. The second-order valence-corrected chi connectivity index (χ2v) is 6.21. The van der Waals surface area contributed by atoms with Gasteiger partial charge in [-0.05, 0) is 58.2 Å². The van der Waals surface area contributed by atoms with Gasteiger partial charge >= 0.3 is 0 Å². The molecule has 100 valence electrons. The number of hydrogen-bond donors (Lipinski definition) is 2. The fraction of sp³-hybridized carbons (Fsp3) is 0.200. The number of benzene rings is 2. The van der Waals surface area contributed by atoms with Crippen molar-refractivity contribution in [2.45, 2.75) is 19.5 Å². The second kappa shape index (κ2) is 6.55. The first-order valence-corrected chi connectivity index (χ1v) is 7.61. The first kappa shape index (κ1) is 14.6. The Hall–Kier alpha value is -0.840. The van der Waals surface area contributed by atoms with Crippen molar-refractivity contribution < 1.29 is 5.11 Å². The fourth-order valence-electron chi connectivity index (χ4n) is 1.80. The zero-order valence-electron chi connectivity index (χ0n) is 10.5. The van der Waals surface area contributed by atoms with Crippen molar-refractivity contribution in [2.75, 3.05) is 0 Å². The normalized spacial score (nSPS) is 12.4. The lowest BCUT2D eigenvalue weighted by molar-refractivity contribution is 0.471. The summed E-state index contributed by atoms with van der Waals surface area (Å²) in [5.74, 6) is 0.268. The third-order valence-corrected chi connectivity index (χ3v) is 4.16. The minimum Gasteiger partial charge on any atom is -0.507 e. The molecule has 4 heteroatoms. The van der Waals surface area contributed by atoms with Gasteiger partial charge in [0.15, 0.2) is 0 Å². The lowest BCUT2D eigenvalue weighted by Gasteiger charge is -2.14. The number of aromatic hydroxyl groups is 1. The summed E-state index contributed by atoms with van der Waals surface area (Å²) in [6, 6.07) is 14.1. The highest BCUT2D eigenvalue weighted by atomic mass is 79.9. The summed E-state index contributed by atoms with van der Waals surface area (Å²) in [5, 5.41) is 12.9. The maximum Gasteiger partial charge on any atom is 0.129 e. The Balaban J connectivity index is 1.98. The zero-order valence-corrected chi connectivity index (χ0v) is 13.7. The van der Waals surface area contributed by atoms with E-state index in [2.05, 4.69) is 56.2 Å². The summed E-state index contributed by atoms with van der Waals surface area (Å²) >= 11 is 6.76. The number of nitrogens with one attached hydrogen (secondary N) is 1. The van der Waals surface area contributed by atoms with Gasteiger partial charge in [-0.15, -0.1) is 0 Å². The molecule has 0 aliphatic rings. The highest BCUT2D eigenvalue weighted by Gasteiger charge is 2.05. The highest BCUT2D eigenvalue weighted by Crippen LogP contribution is 2.24. The number of phenols is 1. The van der Waals surface area contributed by atoms with E-state index in [9.17, 15) is 5.11 Å². The van der Waals surface area contributed by atoms with Crippen molar-refractivity contribution >= 4 is 31.9 Å². The Morgan fingerprint density at radius 3 is 2.42 bits per heavy atom. The average Bonchev–Trinajstić information content (AvgIpc) is 2.40. The molecule has 0 spiro atoms. The van der Waals surface area contributed by atoms with Crippen LogP contribution >= 0.6 is 31.9 Å². The molecule has 0 radical (unpaired) electrons. The molecule has 2 aromatic carbocycles. The summed E-state index contributed by atoms with van der Waals surface area (Å²) in [4.78, 5) is 0. The molecule has 0 bridgehead atoms. The standard InChI is InChI=1S/C15H15Br2NO/c1-10(12-3-5-13(16)6-4-12)18-9-11-2-7-15(19)14(17)8-11/h2-8,10,18-19H,9H2,1H3/t10-/m1/s1. The molecule has 19 heavy (non-hydrogen) atoms. The monoisotopic (exact) mass is 383 g/mol. The molecule has 0 fully saturated rings. The van der Waals surface area contributed by atoms with Crippen molar-refractivity contribution in [1.29, 1.82) is 0 Å². The average molecular weight is 385 g/mol. The van der Waals surface area contributed by atoms with Crippen LogP contribution in [0.2, 0.25) is 0 Å². The first-order valence-electron chi connectivity index (χ1n) is 6.02. The predicted octanol–water partition coefficient (Wildman–Crippen LogP) is 4.77. The van der Waals surface area contributed by atoms with Crippen LogP contribution in [0, 0.1) is 0 Å². The van der Waals surface area contributed by atoms with Crippen molar-refractivity contribution in [3.8, 4) is 5.75 Å². The van der Waals surface area contributed by atoms with Crippen LogP contribution in [0.25, 0.3) is 0 Å². The molecule has 0 saturated carbocycles. The van der Waals surface area contributed by atoms with Gasteiger partial charge in [-0.1, -0.05) is 34.1 Å². The molecular formula is C15H15Br2NO. The minimum atomic E-state index is 0.268. The van der Waals surface area contributed by atoms with Gasteiger partial charge in [-0.2, -0.15) is 0 Å². The van der Waals surface area contributed by atoms with Crippen molar-refractivity contribution in [2.24, 2.45) is 0 Å². The largest absolute Gasteiger partial charge is 0.507 e. The summed E-state index contributed by atoms with van der Waals surface area (Å²) in [6.07, 6.45) is 0. The smallest absolute Gasteiger partial charge is 0.129 e. The van der Waals surface area contributed by atoms with Crippen LogP contribution < -0.4 is 5.32 Å². The summed E-state index contributed by atoms with van der Waals surface area (Å²) in [6.45, 7) is 2.90. The Labute approximate surface area is 130 Å². The van der Waals surface area contributed by atoms with Crippen LogP contribution in [-0.4, -0.2) is 5.11 Å². The zero-order chi connectivity index (χ0) is 13.8. The molecule has 2 nitrogen and oxygen atoms in total. The van der Waals surface area contributed by atoms with Gasteiger partial charge in [-0.3, -0.25) is 0 Å². The Morgan fingerprint density at radius 2 is 1.79 bits per heavy atom. The van der Waals surface area contributed by atoms with E-state index < -0.39 is 0 Å². The fourth-order valence-corrected chi connectivity index (χ4v) is 2.49. The van der Waals surface area contributed by atoms with E-state index in [-0.39, 0.29) is 11.8 Å². The lowest BCUT2D eigenvalue weighted by atomic mass is 10.1. The molecule has 2 N–H and O–H groups in total. The van der Waals surface area contributed by atoms with Crippen molar-refractivity contribution in [3.05, 3.63) is 62.5 Å². The third kappa shape index (κ3) is 4.06. The third-order valence-electron chi connectivity index (χ3n) is 2.99. The Bertz CT molecular complexity index is 555. The van der Waals surface area contributed by atoms with Crippen LogP contribution in [0.15, 0.2) is 51.4 Å². The molecule has 0 amide bonds. The van der Waals surface area contributed by atoms with Crippen LogP contribution in [0.1, 0.15) is 24.1 Å². The van der Waals surface area contributed by atoms with Gasteiger partial charge in [0.1, 0.15) is 5.75 Å². The van der Waals surface area contributed by atoms with Gasteiger partial charge in [0.25, 0.3) is 0 Å². The molecule has 0 aliphatic heterocycles. The van der Waals surface area contributed by atoms with Crippen LogP contribution in [0.5, 0.6) is 5.75 Å². The van der Waals surface area contributed by atoms with E-state index in [0.29, 0.717) is 0 Å². The second-order valence-electron chi connectivity index (χ2n) is 4.44. The Morgan fingerprint density at radius 1 is 1.11 bits per heavy atom. The van der Waals surface area contributed by atoms with Gasteiger partial charge < -0.3 is 10.4 Å². The van der Waals surface area contributed by atoms with E-state index in [1.807, 2.05) is 24.3 Å². The molecule has 0 unspecified atom stereocenters. The maximum absolute atomic E-state index is 9.45. The van der Waals surface area contributed by atoms with E-state index in [0.717, 1.165) is 21.1 Å². The Kier molecular flexibility index (Phi) is 5.02. The molecule has 2 rings (SSSR count). The van der Waals surface area contributed by atoms with Gasteiger partial charge in [0, 0.05) is 17.1 Å². The van der Waals surface area contributed by atoms with Gasteiger partial charge in [0.05, 0.1) is 4.47 Å². The predicted molar refractivity (Wildman–Crippen MR) is 85.2 cm³/mol. The quantitative estimate of drug-likeness (QED) is 0.795. The summed E-state index contributed by atoms with van der Waals surface area (Å²) < 4.78 is 1.81. The SMILES string of the molecule is C[C@@H](NCc1ccc(O)c(Br)c1)c1ccc(Br)cc1. The van der Waals surface area contributed by atoms with Crippen molar-refractivity contribution in [3.63, 3.8) is 0 Å². The number of hydrogen-bond acceptors (Lipinski definition) is 2. The topological polar surface area (TPSA) is 32.3 Å². The van der Waals surface area contributed by atoms with Gasteiger partial charge in [0.2, 0.25) is 0 Å². The molecule has 0 heterocycles. The number of phenolic OH excluding ortho intramolecular Hbond substituents is 1. The first-order chi connectivity index (χ1) is 9.06. The van der Waals surface area contributed by atoms with E-state index in [1.165, 1.54) is 5.56 Å². The van der Waals surface area contributed by atoms with Crippen LogP contribution in [-0.2, 0) is 6.54 Å². The summed E-state index contributed by atoms with van der Waals surface area (Å²) in [7, 11) is 0. The highest BCUT2D eigenvalue weighted by molar-refractivity contribution is 9.10. The molecule has 2 aromatic rings. The maximum atomic E-state index is 9.45.